The Labute approximate surface area is 459 Å². The van der Waals surface area contributed by atoms with Crippen molar-refractivity contribution >= 4 is 60.6 Å². The summed E-state index contributed by atoms with van der Waals surface area (Å²) < 4.78 is 49.1. The Kier molecular flexibility index (Phi) is 17.4. The van der Waals surface area contributed by atoms with Gasteiger partial charge in [0.25, 0.3) is 11.1 Å². The molecule has 0 saturated heterocycles. The van der Waals surface area contributed by atoms with Crippen LogP contribution in [-0.2, 0) is 43.3 Å². The lowest BCUT2D eigenvalue weighted by atomic mass is 9.91. The third-order valence-corrected chi connectivity index (χ3v) is 15.9. The molecule has 2 atom stereocenters. The van der Waals surface area contributed by atoms with Crippen LogP contribution < -0.4 is 32.0 Å². The number of aromatic nitrogens is 10. The fourth-order valence-corrected chi connectivity index (χ4v) is 11.7. The fourth-order valence-electron chi connectivity index (χ4n) is 9.25. The molecule has 0 spiro atoms. The van der Waals surface area contributed by atoms with Crippen LogP contribution in [0.5, 0.6) is 11.5 Å². The summed E-state index contributed by atoms with van der Waals surface area (Å²) >= 11 is 2.21. The van der Waals surface area contributed by atoms with Crippen molar-refractivity contribution in [3.63, 3.8) is 0 Å². The van der Waals surface area contributed by atoms with Crippen molar-refractivity contribution in [3.8, 4) is 21.5 Å². The fraction of sp³-hybridized carbons (Fsp3) is 0.426. The van der Waals surface area contributed by atoms with E-state index in [1.165, 1.54) is 109 Å². The van der Waals surface area contributed by atoms with Gasteiger partial charge in [-0.05, 0) is 89.8 Å². The highest BCUT2D eigenvalue weighted by Gasteiger charge is 2.38. The molecule has 0 unspecified atom stereocenters. The minimum absolute atomic E-state index is 0.00222. The number of hydrogen-bond donors (Lipinski definition) is 1. The number of nitrogens with zero attached hydrogens (tertiary/aromatic N) is 10. The molecule has 21 nitrogen and oxygen atoms in total. The molecule has 79 heavy (non-hydrogen) atoms. The van der Waals surface area contributed by atoms with Crippen molar-refractivity contribution < 1.29 is 42.5 Å². The Morgan fingerprint density at radius 2 is 1.01 bits per heavy atom. The number of methoxy groups -OCH3 is 2. The molecule has 420 valence electrons. The Morgan fingerprint density at radius 3 is 1.39 bits per heavy atom. The quantitative estimate of drug-likeness (QED) is 0.0783. The number of aryl methyl sites for hydroxylation is 2. The van der Waals surface area contributed by atoms with Crippen molar-refractivity contribution in [2.45, 2.75) is 125 Å². The van der Waals surface area contributed by atoms with Crippen LogP contribution in [0.4, 0.5) is 8.78 Å². The number of aliphatic hydroxyl groups is 1. The second kappa shape index (κ2) is 23.3. The van der Waals surface area contributed by atoms with Gasteiger partial charge in [-0.2, -0.15) is 20.4 Å². The van der Waals surface area contributed by atoms with Gasteiger partial charge in [-0.1, -0.05) is 50.4 Å². The molecule has 0 aliphatic rings. The summed E-state index contributed by atoms with van der Waals surface area (Å²) in [4.78, 5) is 98.1. The highest BCUT2D eigenvalue weighted by Crippen LogP contribution is 2.36. The maximum atomic E-state index is 14.4. The van der Waals surface area contributed by atoms with Gasteiger partial charge in [0.15, 0.2) is 11.6 Å². The number of thiophene rings is 2. The van der Waals surface area contributed by atoms with Crippen molar-refractivity contribution in [3.05, 3.63) is 137 Å². The van der Waals surface area contributed by atoms with E-state index < -0.39 is 63.4 Å². The number of benzene rings is 2. The second-order valence-electron chi connectivity index (χ2n) is 20.7. The number of esters is 1. The molecule has 2 aromatic carbocycles. The van der Waals surface area contributed by atoms with Crippen LogP contribution in [0, 0.1) is 37.3 Å². The van der Waals surface area contributed by atoms with E-state index in [9.17, 15) is 47.4 Å². The normalized spacial score (nSPS) is 12.7. The first-order valence-corrected chi connectivity index (χ1v) is 26.7. The molecule has 6 aromatic heterocycles. The van der Waals surface area contributed by atoms with Crippen LogP contribution in [0.3, 0.4) is 0 Å². The number of ether oxygens (including phenoxy) is 3. The number of carbonyl (C=O) groups is 3. The van der Waals surface area contributed by atoms with Crippen molar-refractivity contribution in [2.75, 3.05) is 14.2 Å². The van der Waals surface area contributed by atoms with Gasteiger partial charge in [0.05, 0.1) is 62.9 Å². The minimum atomic E-state index is -1.50. The van der Waals surface area contributed by atoms with Gasteiger partial charge in [0.2, 0.25) is 0 Å². The van der Waals surface area contributed by atoms with E-state index in [4.69, 9.17) is 14.2 Å². The summed E-state index contributed by atoms with van der Waals surface area (Å²) in [5, 5.41) is 29.2. The summed E-state index contributed by atoms with van der Waals surface area (Å²) in [6.45, 7) is 17.7. The number of Topliss-reactive ketones (excluding diaryl/α,β-unsaturated/α-hetero) is 2. The monoisotopic (exact) mass is 1130 g/mol. The lowest BCUT2D eigenvalue weighted by Gasteiger charge is -2.28. The Morgan fingerprint density at radius 1 is 0.633 bits per heavy atom. The molecule has 0 aliphatic carbocycles. The van der Waals surface area contributed by atoms with E-state index in [2.05, 4.69) is 20.4 Å². The standard InChI is InChI=1S/C28H32FN5O6S.C26H30FN5O5S/c1-15(2)12-22(36)28(5,6)33-24(37)23-16(3)25(34-30-10-11-31-34)41-26(23)32(27(33)38)14-21(40-17(4)35)19-13-18(29)8-9-20(19)39-7;1-14(2)11-20(34)26(4,5)31-22(35)21-15(3)23(32-28-9-10-29-32)38-24(21)30(25(31)36)13-18(33)17-12-16(27)7-8-19(17)37-6/h8-11,13,15,21H,12,14H2,1-7H3;7-10,12,14,18,33H,11,13H2,1-6H3/t21-;18-/m10/s1. The highest BCUT2D eigenvalue weighted by atomic mass is 32.1. The first-order valence-electron chi connectivity index (χ1n) is 25.1. The SMILES string of the molecule is COc1ccc(F)cc1[C@@H](Cn1c(=O)n(C(C)(C)C(=O)CC(C)C)c(=O)c2c(C)c(-n3nccn3)sc21)OC(C)=O.COc1ccc(F)cc1[C@@H](O)Cn1c(=O)n(C(C)(C)C(=O)CC(C)C)c(=O)c2c(C)c(-n3nccn3)sc21. The lowest BCUT2D eigenvalue weighted by molar-refractivity contribution is -0.147. The molecular formula is C54H62F2N10O11S2. The average Bonchev–Trinajstić information content (AvgIpc) is 4.43. The van der Waals surface area contributed by atoms with Crippen molar-refractivity contribution in [1.29, 1.82) is 0 Å². The summed E-state index contributed by atoms with van der Waals surface area (Å²) in [6, 6.07) is 7.49. The largest absolute Gasteiger partial charge is 0.496 e. The minimum Gasteiger partial charge on any atom is -0.496 e. The van der Waals surface area contributed by atoms with Crippen LogP contribution in [-0.4, -0.2) is 85.1 Å². The van der Waals surface area contributed by atoms with Crippen molar-refractivity contribution in [1.82, 2.24) is 48.3 Å². The summed E-state index contributed by atoms with van der Waals surface area (Å²) in [5.74, 6) is -1.91. The van der Waals surface area contributed by atoms with E-state index >= 15 is 0 Å². The number of carbonyl (C=O) groups excluding carboxylic acids is 3. The predicted molar refractivity (Wildman–Crippen MR) is 293 cm³/mol. The van der Waals surface area contributed by atoms with Gasteiger partial charge in [-0.3, -0.25) is 33.1 Å². The number of rotatable bonds is 19. The molecule has 0 fully saturated rings. The number of aliphatic hydroxyl groups excluding tert-OH is 1. The molecule has 8 aromatic rings. The van der Waals surface area contributed by atoms with Crippen LogP contribution in [0.15, 0.2) is 80.4 Å². The zero-order valence-corrected chi connectivity index (χ0v) is 47.6. The van der Waals surface area contributed by atoms with Crippen molar-refractivity contribution in [2.24, 2.45) is 11.8 Å². The maximum Gasteiger partial charge on any atom is 0.333 e. The van der Waals surface area contributed by atoms with Crippen LogP contribution in [0.25, 0.3) is 30.4 Å². The molecule has 8 rings (SSSR count). The molecule has 6 heterocycles. The lowest BCUT2D eigenvalue weighted by Crippen LogP contribution is -2.53. The molecule has 0 saturated carbocycles. The summed E-state index contributed by atoms with van der Waals surface area (Å²) in [7, 11) is 2.78. The molecule has 0 radical (unpaired) electrons. The zero-order chi connectivity index (χ0) is 58.2. The first kappa shape index (κ1) is 58.9. The van der Waals surface area contributed by atoms with Gasteiger partial charge in [0, 0.05) is 42.0 Å². The van der Waals surface area contributed by atoms with Crippen LogP contribution >= 0.6 is 22.7 Å². The maximum absolute atomic E-state index is 14.4. The van der Waals surface area contributed by atoms with Gasteiger partial charge >= 0.3 is 17.3 Å². The number of halogens is 2. The highest BCUT2D eigenvalue weighted by molar-refractivity contribution is 7.21. The Balaban J connectivity index is 0.000000229. The first-order chi connectivity index (χ1) is 37.1. The Bertz CT molecular complexity index is 3850. The number of fused-ring (bicyclic) bond motifs is 2. The molecule has 0 bridgehead atoms. The molecule has 1 N–H and O–H groups in total. The third-order valence-electron chi connectivity index (χ3n) is 13.3. The Hall–Kier alpha value is -7.77. The van der Waals surface area contributed by atoms with E-state index in [0.717, 1.165) is 37.9 Å². The smallest absolute Gasteiger partial charge is 0.333 e. The molecule has 0 amide bonds. The predicted octanol–water partition coefficient (Wildman–Crippen LogP) is 7.26. The van der Waals surface area contributed by atoms with E-state index in [1.807, 2.05) is 27.7 Å². The zero-order valence-electron chi connectivity index (χ0n) is 46.0. The van der Waals surface area contributed by atoms with E-state index in [1.54, 1.807) is 27.7 Å². The number of ketones is 2. The molecule has 25 heteroatoms. The second-order valence-corrected chi connectivity index (χ2v) is 22.6. The van der Waals surface area contributed by atoms with E-state index in [-0.39, 0.29) is 92.4 Å². The van der Waals surface area contributed by atoms with Gasteiger partial charge < -0.3 is 19.3 Å². The van der Waals surface area contributed by atoms with Gasteiger partial charge in [-0.15, -0.1) is 9.59 Å². The molecule has 0 aliphatic heterocycles. The van der Waals surface area contributed by atoms with Gasteiger partial charge in [-0.25, -0.2) is 27.5 Å². The topological polar surface area (TPSA) is 249 Å². The third kappa shape index (κ3) is 11.6. The van der Waals surface area contributed by atoms with Crippen LogP contribution in [0.2, 0.25) is 0 Å². The van der Waals surface area contributed by atoms with E-state index in [0.29, 0.717) is 21.1 Å². The molecular weight excluding hydrogens is 1070 g/mol. The average molecular weight is 1130 g/mol. The number of hydrogen-bond acceptors (Lipinski definition) is 17. The summed E-state index contributed by atoms with van der Waals surface area (Å²) in [5.41, 5.74) is -4.39. The summed E-state index contributed by atoms with van der Waals surface area (Å²) in [6.07, 6.45) is 3.73. The van der Waals surface area contributed by atoms with Gasteiger partial charge in [0.1, 0.15) is 66.1 Å². The van der Waals surface area contributed by atoms with Crippen LogP contribution in [0.1, 0.15) is 110 Å².